The summed E-state index contributed by atoms with van der Waals surface area (Å²) < 4.78 is 6.08. The number of benzene rings is 2. The Kier molecular flexibility index (Phi) is 6.79. The molecule has 1 amide bonds. The molecule has 8 heteroatoms. The summed E-state index contributed by atoms with van der Waals surface area (Å²) in [4.78, 5) is 17.2. The van der Waals surface area contributed by atoms with Crippen molar-refractivity contribution < 1.29 is 9.53 Å². The molecule has 0 atom stereocenters. The Hall–Kier alpha value is -3.91. The second-order valence-corrected chi connectivity index (χ2v) is 8.35. The van der Waals surface area contributed by atoms with Crippen LogP contribution in [0.4, 0.5) is 11.5 Å². The molecule has 2 aromatic carbocycles. The van der Waals surface area contributed by atoms with Gasteiger partial charge in [-0.05, 0) is 43.2 Å². The van der Waals surface area contributed by atoms with Gasteiger partial charge in [0.05, 0.1) is 11.7 Å². The van der Waals surface area contributed by atoms with E-state index in [-0.39, 0.29) is 11.9 Å². The zero-order chi connectivity index (χ0) is 24.2. The van der Waals surface area contributed by atoms with Gasteiger partial charge in [0.15, 0.2) is 0 Å². The molecule has 0 spiro atoms. The fourth-order valence-electron chi connectivity index (χ4n) is 3.91. The topological polar surface area (TPSA) is 125 Å². The molecule has 3 aromatic rings. The van der Waals surface area contributed by atoms with Crippen LogP contribution in [0.1, 0.15) is 35.3 Å². The van der Waals surface area contributed by atoms with E-state index in [1.54, 1.807) is 13.0 Å². The highest BCUT2D eigenvalue weighted by molar-refractivity contribution is 6.01. The third-order valence-electron chi connectivity index (χ3n) is 5.86. The van der Waals surface area contributed by atoms with Crippen LogP contribution < -0.4 is 26.4 Å². The molecule has 0 radical (unpaired) electrons. The zero-order valence-electron chi connectivity index (χ0n) is 19.7. The summed E-state index contributed by atoms with van der Waals surface area (Å²) in [6, 6.07) is 14.9. The van der Waals surface area contributed by atoms with Crippen LogP contribution in [0.25, 0.3) is 11.3 Å². The van der Waals surface area contributed by atoms with Crippen LogP contribution in [0, 0.1) is 5.41 Å². The van der Waals surface area contributed by atoms with Gasteiger partial charge < -0.3 is 31.8 Å². The summed E-state index contributed by atoms with van der Waals surface area (Å²) >= 11 is 0. The van der Waals surface area contributed by atoms with Gasteiger partial charge in [0.1, 0.15) is 17.3 Å². The predicted molar refractivity (Wildman–Crippen MR) is 136 cm³/mol. The van der Waals surface area contributed by atoms with Crippen LogP contribution in [0.2, 0.25) is 0 Å². The molecule has 1 aliphatic heterocycles. The number of hydrogen-bond acceptors (Lipinski definition) is 7. The van der Waals surface area contributed by atoms with E-state index < -0.39 is 0 Å². The highest BCUT2D eigenvalue weighted by Gasteiger charge is 2.21. The monoisotopic (exact) mass is 458 g/mol. The van der Waals surface area contributed by atoms with Gasteiger partial charge >= 0.3 is 0 Å². The number of pyridine rings is 1. The van der Waals surface area contributed by atoms with Crippen molar-refractivity contribution in [2.45, 2.75) is 26.3 Å². The number of ether oxygens (including phenoxy) is 1. The van der Waals surface area contributed by atoms with E-state index in [9.17, 15) is 4.79 Å². The van der Waals surface area contributed by atoms with Crippen LogP contribution in [0.3, 0.4) is 0 Å². The minimum atomic E-state index is -0.0524. The highest BCUT2D eigenvalue weighted by atomic mass is 16.5. The highest BCUT2D eigenvalue weighted by Crippen LogP contribution is 2.31. The molecule has 8 nitrogen and oxygen atoms in total. The molecule has 1 saturated heterocycles. The first kappa shape index (κ1) is 23.3. The number of aryl methyl sites for hydroxylation is 1. The van der Waals surface area contributed by atoms with Gasteiger partial charge in [0.25, 0.3) is 5.91 Å². The van der Waals surface area contributed by atoms with Crippen LogP contribution in [0.15, 0.2) is 48.5 Å². The van der Waals surface area contributed by atoms with Crippen molar-refractivity contribution in [2.75, 3.05) is 31.2 Å². The molecule has 4 rings (SSSR count). The molecule has 2 heterocycles. The van der Waals surface area contributed by atoms with Gasteiger partial charge in [-0.3, -0.25) is 4.79 Å². The lowest BCUT2D eigenvalue weighted by Crippen LogP contribution is -2.57. The molecule has 0 saturated carbocycles. The number of nitrogens with two attached hydrogens (primary N) is 1. The van der Waals surface area contributed by atoms with E-state index in [2.05, 4.69) is 20.9 Å². The smallest absolute Gasteiger partial charge is 0.251 e. The van der Waals surface area contributed by atoms with Crippen molar-refractivity contribution in [2.24, 2.45) is 0 Å². The van der Waals surface area contributed by atoms with E-state index in [1.165, 1.54) is 0 Å². The fraction of sp³-hybridized carbons (Fsp3) is 0.269. The van der Waals surface area contributed by atoms with E-state index in [1.807, 2.05) is 56.4 Å². The van der Waals surface area contributed by atoms with Crippen molar-refractivity contribution in [3.8, 4) is 22.8 Å². The first-order valence-corrected chi connectivity index (χ1v) is 11.4. The molecular weight excluding hydrogens is 428 g/mol. The number of carbonyl (C=O) groups excluding carboxylic acids is 1. The second-order valence-electron chi connectivity index (χ2n) is 8.35. The number of nitrogens with one attached hydrogen (secondary N) is 4. The Morgan fingerprint density at radius 3 is 2.56 bits per heavy atom. The Labute approximate surface area is 199 Å². The summed E-state index contributed by atoms with van der Waals surface area (Å²) in [5.74, 6) is 1.47. The largest absolute Gasteiger partial charge is 0.457 e. The normalized spacial score (nSPS) is 13.1. The molecular formula is C26H30N6O2. The van der Waals surface area contributed by atoms with Gasteiger partial charge in [-0.15, -0.1) is 0 Å². The minimum absolute atomic E-state index is 0.0524. The number of nitrogen functional groups attached to an aromatic ring is 1. The molecule has 34 heavy (non-hydrogen) atoms. The number of anilines is 2. The van der Waals surface area contributed by atoms with E-state index in [0.29, 0.717) is 34.3 Å². The average Bonchev–Trinajstić information content (AvgIpc) is 2.80. The van der Waals surface area contributed by atoms with Crippen LogP contribution in [0.5, 0.6) is 11.5 Å². The van der Waals surface area contributed by atoms with Crippen LogP contribution >= 0.6 is 0 Å². The molecule has 0 bridgehead atoms. The minimum Gasteiger partial charge on any atom is -0.457 e. The molecule has 176 valence electrons. The Bertz CT molecular complexity index is 1240. The van der Waals surface area contributed by atoms with Crippen molar-refractivity contribution in [1.29, 1.82) is 5.41 Å². The zero-order valence-corrected chi connectivity index (χ0v) is 19.7. The van der Waals surface area contributed by atoms with Gasteiger partial charge in [-0.1, -0.05) is 13.0 Å². The first-order valence-electron chi connectivity index (χ1n) is 11.4. The maximum atomic E-state index is 12.7. The maximum Gasteiger partial charge on any atom is 0.251 e. The summed E-state index contributed by atoms with van der Waals surface area (Å²) in [5, 5.41) is 17.2. The first-order chi connectivity index (χ1) is 16.4. The molecule has 1 aromatic heterocycles. The van der Waals surface area contributed by atoms with Gasteiger partial charge in [0, 0.05) is 66.4 Å². The van der Waals surface area contributed by atoms with Gasteiger partial charge in [-0.2, -0.15) is 0 Å². The lowest BCUT2D eigenvalue weighted by Gasteiger charge is -2.28. The van der Waals surface area contributed by atoms with Gasteiger partial charge in [0.2, 0.25) is 0 Å². The lowest BCUT2D eigenvalue weighted by atomic mass is 9.99. The number of carbonyl (C=O) groups is 1. The third kappa shape index (κ3) is 5.02. The molecule has 1 aliphatic rings. The Balaban J connectivity index is 1.60. The number of hydrogen-bond donors (Lipinski definition) is 5. The fourth-order valence-corrected chi connectivity index (χ4v) is 3.91. The predicted octanol–water partition coefficient (Wildman–Crippen LogP) is 3.82. The molecule has 1 fully saturated rings. The molecule has 0 aliphatic carbocycles. The summed E-state index contributed by atoms with van der Waals surface area (Å²) in [5.41, 5.74) is 11.4. The summed E-state index contributed by atoms with van der Waals surface area (Å²) in [6.07, 6.45) is 0.719. The molecule has 0 unspecified atom stereocenters. The standard InChI is InChI=1S/C26H30N6O2/c1-4-16-9-17(5-7-22(16)26(33)31-18-13-30-14-18)23-11-20(12-25(28)32-23)34-19-6-8-21(15(2)27)24(10-19)29-3/h5-12,18,27,29-30H,4,13-14H2,1-3H3,(H2,28,32)(H,31,33). The number of amides is 1. The average molecular weight is 459 g/mol. The number of rotatable bonds is 8. The van der Waals surface area contributed by atoms with E-state index in [4.69, 9.17) is 15.9 Å². The van der Waals surface area contributed by atoms with Crippen molar-refractivity contribution in [3.05, 3.63) is 65.2 Å². The summed E-state index contributed by atoms with van der Waals surface area (Å²) in [6.45, 7) is 5.39. The quantitative estimate of drug-likeness (QED) is 0.327. The van der Waals surface area contributed by atoms with Crippen molar-refractivity contribution >= 4 is 23.1 Å². The Morgan fingerprint density at radius 2 is 1.91 bits per heavy atom. The van der Waals surface area contributed by atoms with Crippen molar-refractivity contribution in [1.82, 2.24) is 15.6 Å². The second kappa shape index (κ2) is 9.93. The van der Waals surface area contributed by atoms with Gasteiger partial charge in [-0.25, -0.2) is 4.98 Å². The maximum absolute atomic E-state index is 12.7. The Morgan fingerprint density at radius 1 is 1.15 bits per heavy atom. The molecule has 6 N–H and O–H groups in total. The lowest BCUT2D eigenvalue weighted by molar-refractivity contribution is 0.0923. The van der Waals surface area contributed by atoms with Crippen LogP contribution in [-0.2, 0) is 6.42 Å². The number of aromatic nitrogens is 1. The van der Waals surface area contributed by atoms with E-state index in [0.717, 1.165) is 41.9 Å². The third-order valence-corrected chi connectivity index (χ3v) is 5.86. The number of nitrogens with zero attached hydrogens (tertiary/aromatic N) is 1. The van der Waals surface area contributed by atoms with Crippen molar-refractivity contribution in [3.63, 3.8) is 0 Å². The summed E-state index contributed by atoms with van der Waals surface area (Å²) in [7, 11) is 1.81. The van der Waals surface area contributed by atoms with Crippen LogP contribution in [-0.4, -0.2) is 42.8 Å². The SMILES string of the molecule is CCc1cc(-c2cc(Oc3ccc(C(C)=N)c(NC)c3)cc(N)n2)ccc1C(=O)NC1CNC1. The van der Waals surface area contributed by atoms with E-state index >= 15 is 0 Å².